The number of carbonyl (C=O) groups is 2. The number of nitrogens with one attached hydrogen (secondary N) is 1. The van der Waals surface area contributed by atoms with E-state index in [-0.39, 0.29) is 12.5 Å². The summed E-state index contributed by atoms with van der Waals surface area (Å²) in [7, 11) is 0. The molecule has 1 amide bonds. The van der Waals surface area contributed by atoms with Gasteiger partial charge < -0.3 is 15.3 Å². The zero-order valence-corrected chi connectivity index (χ0v) is 12.0. The zero-order valence-electron chi connectivity index (χ0n) is 12.0. The van der Waals surface area contributed by atoms with E-state index in [9.17, 15) is 9.59 Å². The number of hydrogen-bond donors (Lipinski definition) is 2. The number of aliphatic carboxylic acids is 1. The van der Waals surface area contributed by atoms with Gasteiger partial charge in [0, 0.05) is 32.0 Å². The van der Waals surface area contributed by atoms with Crippen molar-refractivity contribution < 1.29 is 14.7 Å². The molecule has 1 aliphatic heterocycles. The smallest absolute Gasteiger partial charge is 0.317 e. The number of amides is 1. The van der Waals surface area contributed by atoms with Gasteiger partial charge in [-0.05, 0) is 30.4 Å². The number of pyridine rings is 1. The number of carbonyl (C=O) groups excluding carboxylic acids is 1. The van der Waals surface area contributed by atoms with E-state index in [1.54, 1.807) is 12.4 Å². The van der Waals surface area contributed by atoms with E-state index in [1.165, 1.54) is 0 Å². The van der Waals surface area contributed by atoms with Crippen molar-refractivity contribution in [3.05, 3.63) is 30.1 Å². The van der Waals surface area contributed by atoms with E-state index >= 15 is 0 Å². The van der Waals surface area contributed by atoms with Gasteiger partial charge in [-0.15, -0.1) is 0 Å². The lowest BCUT2D eigenvalue weighted by atomic mass is 9.97. The first-order chi connectivity index (χ1) is 10.1. The minimum Gasteiger partial charge on any atom is -0.480 e. The molecular weight excluding hydrogens is 270 g/mol. The minimum absolute atomic E-state index is 0.0276. The number of carboxylic acids is 1. The third-order valence-corrected chi connectivity index (χ3v) is 3.66. The van der Waals surface area contributed by atoms with Crippen LogP contribution in [0.15, 0.2) is 24.5 Å². The van der Waals surface area contributed by atoms with Crippen molar-refractivity contribution in [2.24, 2.45) is 5.92 Å². The average molecular weight is 291 g/mol. The number of piperidine rings is 1. The SMILES string of the molecule is O=C(O)CNCC1CCCN(C(=O)Cc2cccnc2)C1. The number of rotatable bonds is 6. The summed E-state index contributed by atoms with van der Waals surface area (Å²) >= 11 is 0. The van der Waals surface area contributed by atoms with Gasteiger partial charge in [-0.3, -0.25) is 14.6 Å². The number of likely N-dealkylation sites (tertiary alicyclic amines) is 1. The van der Waals surface area contributed by atoms with Crippen molar-refractivity contribution in [3.63, 3.8) is 0 Å². The molecule has 21 heavy (non-hydrogen) atoms. The molecule has 1 fully saturated rings. The summed E-state index contributed by atoms with van der Waals surface area (Å²) < 4.78 is 0. The van der Waals surface area contributed by atoms with Gasteiger partial charge in [-0.25, -0.2) is 0 Å². The van der Waals surface area contributed by atoms with Crippen LogP contribution in [0.2, 0.25) is 0 Å². The second-order valence-corrected chi connectivity index (χ2v) is 5.41. The molecule has 6 heteroatoms. The van der Waals surface area contributed by atoms with Crippen LogP contribution in [0.4, 0.5) is 0 Å². The number of nitrogens with zero attached hydrogens (tertiary/aromatic N) is 2. The van der Waals surface area contributed by atoms with Crippen LogP contribution in [-0.4, -0.2) is 53.0 Å². The van der Waals surface area contributed by atoms with Crippen LogP contribution >= 0.6 is 0 Å². The summed E-state index contributed by atoms with van der Waals surface area (Å²) in [6.45, 7) is 2.10. The van der Waals surface area contributed by atoms with Gasteiger partial charge >= 0.3 is 5.97 Å². The number of hydrogen-bond acceptors (Lipinski definition) is 4. The minimum atomic E-state index is -0.852. The first-order valence-corrected chi connectivity index (χ1v) is 7.24. The highest BCUT2D eigenvalue weighted by Gasteiger charge is 2.23. The van der Waals surface area contributed by atoms with Crippen LogP contribution in [0.3, 0.4) is 0 Å². The summed E-state index contributed by atoms with van der Waals surface area (Å²) in [4.78, 5) is 28.7. The molecule has 0 radical (unpaired) electrons. The molecule has 2 N–H and O–H groups in total. The topological polar surface area (TPSA) is 82.5 Å². The van der Waals surface area contributed by atoms with Gasteiger partial charge in [0.15, 0.2) is 0 Å². The zero-order chi connectivity index (χ0) is 15.1. The van der Waals surface area contributed by atoms with Crippen molar-refractivity contribution in [3.8, 4) is 0 Å². The molecule has 0 saturated carbocycles. The molecule has 0 aromatic carbocycles. The molecule has 1 aromatic heterocycles. The van der Waals surface area contributed by atoms with Gasteiger partial charge in [0.1, 0.15) is 0 Å². The van der Waals surface area contributed by atoms with Crippen molar-refractivity contribution in [2.75, 3.05) is 26.2 Å². The van der Waals surface area contributed by atoms with Gasteiger partial charge in [0.05, 0.1) is 13.0 Å². The molecule has 1 aliphatic rings. The molecule has 0 aliphatic carbocycles. The summed E-state index contributed by atoms with van der Waals surface area (Å²) in [5.41, 5.74) is 0.925. The molecule has 1 aromatic rings. The molecule has 2 heterocycles. The summed E-state index contributed by atoms with van der Waals surface area (Å²) in [5, 5.41) is 11.5. The first kappa shape index (κ1) is 15.4. The molecular formula is C15H21N3O3. The van der Waals surface area contributed by atoms with Gasteiger partial charge in [0.2, 0.25) is 5.91 Å². The van der Waals surface area contributed by atoms with E-state index in [4.69, 9.17) is 5.11 Å². The average Bonchev–Trinajstić information content (AvgIpc) is 2.48. The molecule has 6 nitrogen and oxygen atoms in total. The molecule has 0 spiro atoms. The van der Waals surface area contributed by atoms with Crippen LogP contribution in [0.25, 0.3) is 0 Å². The molecule has 0 bridgehead atoms. The lowest BCUT2D eigenvalue weighted by Gasteiger charge is -2.33. The van der Waals surface area contributed by atoms with E-state index in [2.05, 4.69) is 10.3 Å². The lowest BCUT2D eigenvalue weighted by molar-refractivity contribution is -0.136. The maximum atomic E-state index is 12.3. The third kappa shape index (κ3) is 5.15. The fourth-order valence-corrected chi connectivity index (χ4v) is 2.63. The van der Waals surface area contributed by atoms with Crippen LogP contribution in [-0.2, 0) is 16.0 Å². The maximum Gasteiger partial charge on any atom is 0.317 e. The Morgan fingerprint density at radius 1 is 1.48 bits per heavy atom. The molecule has 2 rings (SSSR count). The molecule has 1 saturated heterocycles. The Balaban J connectivity index is 1.80. The second kappa shape index (κ2) is 7.73. The van der Waals surface area contributed by atoms with Crippen LogP contribution in [0.1, 0.15) is 18.4 Å². The Morgan fingerprint density at radius 3 is 3.05 bits per heavy atom. The Kier molecular flexibility index (Phi) is 5.68. The van der Waals surface area contributed by atoms with Gasteiger partial charge in [-0.1, -0.05) is 6.07 Å². The largest absolute Gasteiger partial charge is 0.480 e. The van der Waals surface area contributed by atoms with Crippen molar-refractivity contribution in [2.45, 2.75) is 19.3 Å². The van der Waals surface area contributed by atoms with Crippen LogP contribution in [0, 0.1) is 5.92 Å². The maximum absolute atomic E-state index is 12.3. The Hall–Kier alpha value is -1.95. The highest BCUT2D eigenvalue weighted by molar-refractivity contribution is 5.78. The fraction of sp³-hybridized carbons (Fsp3) is 0.533. The highest BCUT2D eigenvalue weighted by atomic mass is 16.4. The predicted molar refractivity (Wildman–Crippen MR) is 77.8 cm³/mol. The number of aromatic nitrogens is 1. The van der Waals surface area contributed by atoms with E-state index < -0.39 is 5.97 Å². The van der Waals surface area contributed by atoms with Crippen LogP contribution < -0.4 is 5.32 Å². The quantitative estimate of drug-likeness (QED) is 0.799. The molecule has 1 atom stereocenters. The normalized spacial score (nSPS) is 18.5. The molecule has 114 valence electrons. The lowest BCUT2D eigenvalue weighted by Crippen LogP contribution is -2.44. The van der Waals surface area contributed by atoms with E-state index in [0.717, 1.165) is 24.9 Å². The Bertz CT molecular complexity index is 478. The standard InChI is InChI=1S/C15H21N3O3/c19-14(7-12-3-1-5-16-8-12)18-6-2-4-13(11-18)9-17-10-15(20)21/h1,3,5,8,13,17H,2,4,6-7,9-11H2,(H,20,21). The molecule has 1 unspecified atom stereocenters. The van der Waals surface area contributed by atoms with Crippen LogP contribution in [0.5, 0.6) is 0 Å². The Labute approximate surface area is 124 Å². The van der Waals surface area contributed by atoms with Crippen molar-refractivity contribution in [1.82, 2.24) is 15.2 Å². The highest BCUT2D eigenvalue weighted by Crippen LogP contribution is 2.16. The van der Waals surface area contributed by atoms with E-state index in [1.807, 2.05) is 17.0 Å². The third-order valence-electron chi connectivity index (χ3n) is 3.66. The summed E-state index contributed by atoms with van der Waals surface area (Å²) in [5.74, 6) is -0.405. The van der Waals surface area contributed by atoms with E-state index in [0.29, 0.717) is 25.4 Å². The Morgan fingerprint density at radius 2 is 2.33 bits per heavy atom. The summed E-state index contributed by atoms with van der Waals surface area (Å²) in [6, 6.07) is 3.73. The first-order valence-electron chi connectivity index (χ1n) is 7.24. The summed E-state index contributed by atoms with van der Waals surface area (Å²) in [6.07, 6.45) is 5.79. The van der Waals surface area contributed by atoms with Gasteiger partial charge in [-0.2, -0.15) is 0 Å². The monoisotopic (exact) mass is 291 g/mol. The van der Waals surface area contributed by atoms with Crippen molar-refractivity contribution in [1.29, 1.82) is 0 Å². The van der Waals surface area contributed by atoms with Crippen molar-refractivity contribution >= 4 is 11.9 Å². The second-order valence-electron chi connectivity index (χ2n) is 5.41. The number of carboxylic acid groups (broad SMARTS) is 1. The van der Waals surface area contributed by atoms with Gasteiger partial charge in [0.25, 0.3) is 0 Å². The predicted octanol–water partition coefficient (Wildman–Crippen LogP) is 0.537. The fourth-order valence-electron chi connectivity index (χ4n) is 2.63.